The number of aliphatic hydroxyl groups is 1. The van der Waals surface area contributed by atoms with E-state index in [1.807, 2.05) is 0 Å². The van der Waals surface area contributed by atoms with E-state index in [4.69, 9.17) is 16.3 Å². The second-order valence-electron chi connectivity index (χ2n) is 5.46. The van der Waals surface area contributed by atoms with Crippen LogP contribution in [0.5, 0.6) is 0 Å². The standard InChI is InChI=1S/C14H22ClN3O3/c1-21-6-5-18-14(20)13(15)12(9-17-18)16-8-10-3-2-4-11(19)7-10/h9-11,16,19H,2-8H2,1H3. The minimum atomic E-state index is -0.317. The predicted molar refractivity (Wildman–Crippen MR) is 81.8 cm³/mol. The van der Waals surface area contributed by atoms with Crippen molar-refractivity contribution in [1.29, 1.82) is 0 Å². The highest BCUT2D eigenvalue weighted by Gasteiger charge is 2.20. The van der Waals surface area contributed by atoms with Crippen molar-refractivity contribution in [2.45, 2.75) is 38.3 Å². The van der Waals surface area contributed by atoms with Crippen molar-refractivity contribution in [3.05, 3.63) is 21.6 Å². The van der Waals surface area contributed by atoms with E-state index in [2.05, 4.69) is 10.4 Å². The number of halogens is 1. The van der Waals surface area contributed by atoms with Crippen LogP contribution in [-0.2, 0) is 11.3 Å². The fourth-order valence-electron chi connectivity index (χ4n) is 2.63. The topological polar surface area (TPSA) is 76.4 Å². The molecule has 6 nitrogen and oxygen atoms in total. The molecule has 118 valence electrons. The molecule has 1 aromatic rings. The van der Waals surface area contributed by atoms with Crippen molar-refractivity contribution < 1.29 is 9.84 Å². The maximum atomic E-state index is 12.0. The van der Waals surface area contributed by atoms with Crippen LogP contribution in [0.3, 0.4) is 0 Å². The summed E-state index contributed by atoms with van der Waals surface area (Å²) in [7, 11) is 1.57. The molecule has 0 bridgehead atoms. The maximum absolute atomic E-state index is 12.0. The molecule has 2 unspecified atom stereocenters. The second-order valence-corrected chi connectivity index (χ2v) is 5.84. The van der Waals surface area contributed by atoms with Crippen molar-refractivity contribution in [3.8, 4) is 0 Å². The highest BCUT2D eigenvalue weighted by atomic mass is 35.5. The van der Waals surface area contributed by atoms with Gasteiger partial charge in [-0.15, -0.1) is 0 Å². The Kier molecular flexibility index (Phi) is 6.02. The summed E-state index contributed by atoms with van der Waals surface area (Å²) in [6.45, 7) is 1.49. The lowest BCUT2D eigenvalue weighted by molar-refractivity contribution is 0.105. The van der Waals surface area contributed by atoms with Crippen LogP contribution < -0.4 is 10.9 Å². The minimum Gasteiger partial charge on any atom is -0.393 e. The minimum absolute atomic E-state index is 0.150. The number of ether oxygens (including phenoxy) is 1. The molecule has 0 aliphatic heterocycles. The second kappa shape index (κ2) is 7.77. The molecule has 1 heterocycles. The molecule has 1 saturated carbocycles. The number of methoxy groups -OCH3 is 1. The number of rotatable bonds is 6. The molecule has 7 heteroatoms. The van der Waals surface area contributed by atoms with Crippen LogP contribution in [0.1, 0.15) is 25.7 Å². The SMILES string of the molecule is COCCn1ncc(NCC2CCCC(O)C2)c(Cl)c1=O. The molecule has 0 spiro atoms. The van der Waals surface area contributed by atoms with Gasteiger partial charge in [0.15, 0.2) is 0 Å². The van der Waals surface area contributed by atoms with Gasteiger partial charge in [-0.25, -0.2) is 4.68 Å². The number of hydrogen-bond donors (Lipinski definition) is 2. The summed E-state index contributed by atoms with van der Waals surface area (Å²) in [6.07, 6.45) is 5.16. The highest BCUT2D eigenvalue weighted by molar-refractivity contribution is 6.32. The zero-order chi connectivity index (χ0) is 15.2. The van der Waals surface area contributed by atoms with Gasteiger partial charge in [0.05, 0.1) is 31.1 Å². The zero-order valence-electron chi connectivity index (χ0n) is 12.2. The van der Waals surface area contributed by atoms with Gasteiger partial charge < -0.3 is 15.2 Å². The van der Waals surface area contributed by atoms with Gasteiger partial charge in [-0.1, -0.05) is 18.0 Å². The van der Waals surface area contributed by atoms with Gasteiger partial charge in [0.2, 0.25) is 0 Å². The Morgan fingerprint density at radius 2 is 2.38 bits per heavy atom. The van der Waals surface area contributed by atoms with Crippen LogP contribution in [0, 0.1) is 5.92 Å². The Bertz CT molecular complexity index is 521. The van der Waals surface area contributed by atoms with Crippen molar-refractivity contribution in [3.63, 3.8) is 0 Å². The number of anilines is 1. The normalized spacial score (nSPS) is 22.2. The van der Waals surface area contributed by atoms with Crippen LogP contribution >= 0.6 is 11.6 Å². The lowest BCUT2D eigenvalue weighted by atomic mass is 9.87. The zero-order valence-corrected chi connectivity index (χ0v) is 13.0. The summed E-state index contributed by atoms with van der Waals surface area (Å²) in [4.78, 5) is 12.0. The first-order valence-electron chi connectivity index (χ1n) is 7.28. The first-order valence-corrected chi connectivity index (χ1v) is 7.66. The van der Waals surface area contributed by atoms with E-state index in [1.54, 1.807) is 13.3 Å². The molecule has 2 atom stereocenters. The highest BCUT2D eigenvalue weighted by Crippen LogP contribution is 2.25. The van der Waals surface area contributed by atoms with Gasteiger partial charge in [-0.2, -0.15) is 5.10 Å². The lowest BCUT2D eigenvalue weighted by Crippen LogP contribution is -2.28. The van der Waals surface area contributed by atoms with Crippen LogP contribution in [0.2, 0.25) is 5.02 Å². The number of aromatic nitrogens is 2. The van der Waals surface area contributed by atoms with Gasteiger partial charge in [0.25, 0.3) is 5.56 Å². The summed E-state index contributed by atoms with van der Waals surface area (Å²) in [5.74, 6) is 0.403. The summed E-state index contributed by atoms with van der Waals surface area (Å²) < 4.78 is 6.22. The largest absolute Gasteiger partial charge is 0.393 e. The summed E-state index contributed by atoms with van der Waals surface area (Å²) in [6, 6.07) is 0. The van der Waals surface area contributed by atoms with Gasteiger partial charge >= 0.3 is 0 Å². The van der Waals surface area contributed by atoms with Crippen LogP contribution in [0.25, 0.3) is 0 Å². The third-order valence-corrected chi connectivity index (χ3v) is 4.19. The lowest BCUT2D eigenvalue weighted by Gasteiger charge is -2.26. The molecule has 2 N–H and O–H groups in total. The molecule has 1 fully saturated rings. The Morgan fingerprint density at radius 1 is 1.57 bits per heavy atom. The molecular weight excluding hydrogens is 294 g/mol. The summed E-state index contributed by atoms with van der Waals surface area (Å²) >= 11 is 6.10. The fraction of sp³-hybridized carbons (Fsp3) is 0.714. The van der Waals surface area contributed by atoms with E-state index >= 15 is 0 Å². The Labute approximate surface area is 129 Å². The van der Waals surface area contributed by atoms with E-state index in [-0.39, 0.29) is 16.7 Å². The monoisotopic (exact) mass is 315 g/mol. The Balaban J connectivity index is 1.97. The molecule has 21 heavy (non-hydrogen) atoms. The number of aliphatic hydroxyl groups excluding tert-OH is 1. The van der Waals surface area contributed by atoms with Crippen molar-refractivity contribution in [2.75, 3.05) is 25.6 Å². The molecule has 1 aliphatic rings. The van der Waals surface area contributed by atoms with Crippen LogP contribution in [0.15, 0.2) is 11.0 Å². The van der Waals surface area contributed by atoms with Crippen LogP contribution in [-0.4, -0.2) is 41.3 Å². The molecule has 0 radical (unpaired) electrons. The van der Waals surface area contributed by atoms with E-state index < -0.39 is 0 Å². The molecular formula is C14H22ClN3O3. The molecule has 0 saturated heterocycles. The molecule has 2 rings (SSSR count). The molecule has 0 aromatic carbocycles. The van der Waals surface area contributed by atoms with Crippen molar-refractivity contribution in [1.82, 2.24) is 9.78 Å². The third-order valence-electron chi connectivity index (χ3n) is 3.83. The molecule has 1 aromatic heterocycles. The van der Waals surface area contributed by atoms with Gasteiger partial charge in [0.1, 0.15) is 5.02 Å². The Hall–Kier alpha value is -1.11. The van der Waals surface area contributed by atoms with Gasteiger partial charge in [-0.3, -0.25) is 4.79 Å². The Morgan fingerprint density at radius 3 is 3.10 bits per heavy atom. The molecule has 0 amide bonds. The van der Waals surface area contributed by atoms with Crippen molar-refractivity contribution >= 4 is 17.3 Å². The first-order chi connectivity index (χ1) is 10.1. The van der Waals surface area contributed by atoms with Gasteiger partial charge in [-0.05, 0) is 25.2 Å². The predicted octanol–water partition coefficient (Wildman–Crippen LogP) is 1.51. The van der Waals surface area contributed by atoms with Gasteiger partial charge in [0, 0.05) is 13.7 Å². The van der Waals surface area contributed by atoms with Crippen LogP contribution in [0.4, 0.5) is 5.69 Å². The smallest absolute Gasteiger partial charge is 0.287 e. The maximum Gasteiger partial charge on any atom is 0.287 e. The number of nitrogens with one attached hydrogen (secondary N) is 1. The van der Waals surface area contributed by atoms with E-state index in [0.717, 1.165) is 25.7 Å². The quantitative estimate of drug-likeness (QED) is 0.832. The average molecular weight is 316 g/mol. The van der Waals surface area contributed by atoms with E-state index in [1.165, 1.54) is 4.68 Å². The summed E-state index contributed by atoms with van der Waals surface area (Å²) in [5.41, 5.74) is 0.234. The number of nitrogens with zero attached hydrogens (tertiary/aromatic N) is 2. The third kappa shape index (κ3) is 4.43. The number of hydrogen-bond acceptors (Lipinski definition) is 5. The first kappa shape index (κ1) is 16.3. The average Bonchev–Trinajstić information content (AvgIpc) is 2.48. The van der Waals surface area contributed by atoms with E-state index in [0.29, 0.717) is 31.3 Å². The molecule has 1 aliphatic carbocycles. The summed E-state index contributed by atoms with van der Waals surface area (Å²) in [5, 5.41) is 17.1. The van der Waals surface area contributed by atoms with E-state index in [9.17, 15) is 9.90 Å². The van der Waals surface area contributed by atoms with Crippen molar-refractivity contribution in [2.24, 2.45) is 5.92 Å². The fourth-order valence-corrected chi connectivity index (χ4v) is 2.84.